The molecule has 1 aromatic rings. The van der Waals surface area contributed by atoms with Gasteiger partial charge < -0.3 is 10.2 Å². The Morgan fingerprint density at radius 3 is 2.60 bits per heavy atom. The largest absolute Gasteiger partial charge is 0.347 e. The van der Waals surface area contributed by atoms with Gasteiger partial charge in [0.1, 0.15) is 5.82 Å². The highest BCUT2D eigenvalue weighted by Gasteiger charge is 2.34. The molecule has 0 radical (unpaired) electrons. The Morgan fingerprint density at radius 1 is 1.35 bits per heavy atom. The van der Waals surface area contributed by atoms with Crippen LogP contribution in [0.25, 0.3) is 0 Å². The first-order valence-electron chi connectivity index (χ1n) is 7.44. The summed E-state index contributed by atoms with van der Waals surface area (Å²) < 4.78 is 0. The number of nitrogens with one attached hydrogen (secondary N) is 2. The highest BCUT2D eigenvalue weighted by molar-refractivity contribution is 5.90. The first-order valence-corrected chi connectivity index (χ1v) is 7.44. The van der Waals surface area contributed by atoms with E-state index in [0.29, 0.717) is 6.54 Å². The van der Waals surface area contributed by atoms with E-state index >= 15 is 0 Å². The number of carbonyl (C=O) groups excluding carboxylic acids is 1. The van der Waals surface area contributed by atoms with Gasteiger partial charge in [0.25, 0.3) is 5.91 Å². The maximum atomic E-state index is 12.1. The zero-order valence-corrected chi connectivity index (χ0v) is 12.7. The number of rotatable bonds is 5. The number of likely N-dealkylation sites (N-methyl/N-ethyl adjacent to an activating group) is 1. The molecule has 1 saturated carbocycles. The van der Waals surface area contributed by atoms with Crippen molar-refractivity contribution in [3.63, 3.8) is 0 Å². The van der Waals surface area contributed by atoms with Crippen molar-refractivity contribution in [2.24, 2.45) is 0 Å². The molecule has 112 valence electrons. The molecule has 1 aliphatic rings. The van der Waals surface area contributed by atoms with Crippen LogP contribution in [0.2, 0.25) is 0 Å². The van der Waals surface area contributed by atoms with Crippen LogP contribution in [0.3, 0.4) is 0 Å². The van der Waals surface area contributed by atoms with Crippen molar-refractivity contribution in [1.29, 1.82) is 0 Å². The topological polar surface area (TPSA) is 73.9 Å². The molecule has 0 unspecified atom stereocenters. The Kier molecular flexibility index (Phi) is 4.75. The van der Waals surface area contributed by atoms with Crippen molar-refractivity contribution in [2.45, 2.75) is 51.0 Å². The average Bonchev–Trinajstić information content (AvgIpc) is 2.94. The fourth-order valence-corrected chi connectivity index (χ4v) is 2.87. The van der Waals surface area contributed by atoms with Crippen molar-refractivity contribution in [2.75, 3.05) is 20.6 Å². The van der Waals surface area contributed by atoms with Gasteiger partial charge in [-0.15, -0.1) is 5.10 Å². The molecule has 1 aliphatic carbocycles. The Bertz CT molecular complexity index is 448. The fraction of sp³-hybridized carbons (Fsp3) is 0.786. The summed E-state index contributed by atoms with van der Waals surface area (Å²) in [4.78, 5) is 18.5. The molecule has 1 fully saturated rings. The number of aromatic amines is 1. The third kappa shape index (κ3) is 3.17. The first kappa shape index (κ1) is 15.0. The summed E-state index contributed by atoms with van der Waals surface area (Å²) in [6.45, 7) is 2.64. The average molecular weight is 279 g/mol. The lowest BCUT2D eigenvalue weighted by molar-refractivity contribution is 0.0792. The van der Waals surface area contributed by atoms with Crippen LogP contribution in [0, 0.1) is 0 Å². The summed E-state index contributed by atoms with van der Waals surface area (Å²) in [7, 11) is 4.19. The third-order valence-electron chi connectivity index (χ3n) is 4.38. The summed E-state index contributed by atoms with van der Waals surface area (Å²) in [5.74, 6) is 0.800. The number of amides is 1. The van der Waals surface area contributed by atoms with Crippen molar-refractivity contribution < 1.29 is 4.79 Å². The molecular formula is C14H25N5O. The zero-order chi connectivity index (χ0) is 14.6. The summed E-state index contributed by atoms with van der Waals surface area (Å²) >= 11 is 0. The van der Waals surface area contributed by atoms with Crippen molar-refractivity contribution in [3.05, 3.63) is 11.6 Å². The smallest absolute Gasteiger partial charge is 0.291 e. The van der Waals surface area contributed by atoms with Crippen molar-refractivity contribution in [3.8, 4) is 0 Å². The second-order valence-corrected chi connectivity index (χ2v) is 5.82. The minimum absolute atomic E-state index is 0.0812. The van der Waals surface area contributed by atoms with Crippen LogP contribution in [0.15, 0.2) is 0 Å². The summed E-state index contributed by atoms with van der Waals surface area (Å²) in [6.07, 6.45) is 6.78. The van der Waals surface area contributed by atoms with E-state index < -0.39 is 0 Å². The van der Waals surface area contributed by atoms with Gasteiger partial charge in [-0.25, -0.2) is 4.98 Å². The SMILES string of the molecule is CCc1nc(C(=O)NCC2(N(C)C)CCCCC2)n[nH]1. The molecule has 6 nitrogen and oxygen atoms in total. The third-order valence-corrected chi connectivity index (χ3v) is 4.38. The summed E-state index contributed by atoms with van der Waals surface area (Å²) in [5.41, 5.74) is 0.0812. The van der Waals surface area contributed by atoms with Crippen LogP contribution in [-0.4, -0.2) is 52.2 Å². The van der Waals surface area contributed by atoms with Gasteiger partial charge in [-0.05, 0) is 26.9 Å². The summed E-state index contributed by atoms with van der Waals surface area (Å²) in [5, 5.41) is 9.73. The minimum atomic E-state index is -0.187. The van der Waals surface area contributed by atoms with Crippen LogP contribution < -0.4 is 5.32 Å². The Balaban J connectivity index is 1.96. The number of carbonyl (C=O) groups is 1. The number of aryl methyl sites for hydroxylation is 1. The monoisotopic (exact) mass is 279 g/mol. The molecule has 1 amide bonds. The van der Waals surface area contributed by atoms with Gasteiger partial charge >= 0.3 is 0 Å². The summed E-state index contributed by atoms with van der Waals surface area (Å²) in [6, 6.07) is 0. The quantitative estimate of drug-likeness (QED) is 0.853. The van der Waals surface area contributed by atoms with Gasteiger partial charge in [0.15, 0.2) is 0 Å². The zero-order valence-electron chi connectivity index (χ0n) is 12.7. The molecular weight excluding hydrogens is 254 g/mol. The van der Waals surface area contributed by atoms with Crippen molar-refractivity contribution >= 4 is 5.91 Å². The van der Waals surface area contributed by atoms with Gasteiger partial charge in [0.2, 0.25) is 5.82 Å². The molecule has 1 heterocycles. The van der Waals surface area contributed by atoms with Crippen LogP contribution in [0.4, 0.5) is 0 Å². The van der Waals surface area contributed by atoms with Gasteiger partial charge in [0, 0.05) is 18.5 Å². The van der Waals surface area contributed by atoms with E-state index in [1.165, 1.54) is 19.3 Å². The number of hydrogen-bond acceptors (Lipinski definition) is 4. The Hall–Kier alpha value is -1.43. The number of H-pyrrole nitrogens is 1. The highest BCUT2D eigenvalue weighted by atomic mass is 16.2. The minimum Gasteiger partial charge on any atom is -0.347 e. The van der Waals surface area contributed by atoms with E-state index in [-0.39, 0.29) is 17.3 Å². The number of hydrogen-bond donors (Lipinski definition) is 2. The standard InChI is InChI=1S/C14H25N5O/c1-4-11-16-12(18-17-11)13(20)15-10-14(19(2)3)8-6-5-7-9-14/h4-10H2,1-3H3,(H,15,20)(H,16,17,18). The second kappa shape index (κ2) is 6.35. The van der Waals surface area contributed by atoms with E-state index in [9.17, 15) is 4.79 Å². The lowest BCUT2D eigenvalue weighted by atomic mass is 9.80. The maximum Gasteiger partial charge on any atom is 0.291 e. The molecule has 2 rings (SSSR count). The molecule has 1 aromatic heterocycles. The molecule has 0 bridgehead atoms. The van der Waals surface area contributed by atoms with E-state index in [2.05, 4.69) is 39.5 Å². The van der Waals surface area contributed by atoms with Crippen LogP contribution in [0.1, 0.15) is 55.5 Å². The molecule has 0 aromatic carbocycles. The highest BCUT2D eigenvalue weighted by Crippen LogP contribution is 2.31. The molecule has 6 heteroatoms. The normalized spacial score (nSPS) is 18.2. The maximum absolute atomic E-state index is 12.1. The Morgan fingerprint density at radius 2 is 2.05 bits per heavy atom. The Labute approximate surface area is 120 Å². The molecule has 0 spiro atoms. The molecule has 0 saturated heterocycles. The van der Waals surface area contributed by atoms with Gasteiger partial charge in [-0.3, -0.25) is 9.89 Å². The van der Waals surface area contributed by atoms with Crippen molar-refractivity contribution in [1.82, 2.24) is 25.4 Å². The van der Waals surface area contributed by atoms with Crippen LogP contribution in [-0.2, 0) is 6.42 Å². The fourth-order valence-electron chi connectivity index (χ4n) is 2.87. The first-order chi connectivity index (χ1) is 9.57. The molecule has 0 aliphatic heterocycles. The molecule has 2 N–H and O–H groups in total. The van der Waals surface area contributed by atoms with Gasteiger partial charge in [-0.1, -0.05) is 26.2 Å². The van der Waals surface area contributed by atoms with E-state index in [1.54, 1.807) is 0 Å². The van der Waals surface area contributed by atoms with E-state index in [0.717, 1.165) is 25.1 Å². The molecule has 20 heavy (non-hydrogen) atoms. The van der Waals surface area contributed by atoms with Gasteiger partial charge in [-0.2, -0.15) is 0 Å². The molecule has 0 atom stereocenters. The van der Waals surface area contributed by atoms with E-state index in [1.807, 2.05) is 6.92 Å². The number of nitrogens with zero attached hydrogens (tertiary/aromatic N) is 3. The van der Waals surface area contributed by atoms with Gasteiger partial charge in [0.05, 0.1) is 0 Å². The van der Waals surface area contributed by atoms with E-state index in [4.69, 9.17) is 0 Å². The predicted molar refractivity (Wildman–Crippen MR) is 77.6 cm³/mol. The second-order valence-electron chi connectivity index (χ2n) is 5.82. The predicted octanol–water partition coefficient (Wildman–Crippen LogP) is 1.36. The number of aromatic nitrogens is 3. The van der Waals surface area contributed by atoms with Crippen LogP contribution in [0.5, 0.6) is 0 Å². The lowest BCUT2D eigenvalue weighted by Crippen LogP contribution is -2.53. The van der Waals surface area contributed by atoms with Crippen LogP contribution >= 0.6 is 0 Å². The lowest BCUT2D eigenvalue weighted by Gasteiger charge is -2.43.